The SMILES string of the molecule is COc1ccc(C2CN(C)Cc3cc(OCCC4CCCN4C)ccc32)cc1. The smallest absolute Gasteiger partial charge is 0.119 e. The number of rotatable bonds is 6. The summed E-state index contributed by atoms with van der Waals surface area (Å²) in [7, 11) is 6.14. The van der Waals surface area contributed by atoms with Gasteiger partial charge in [0.05, 0.1) is 13.7 Å². The summed E-state index contributed by atoms with van der Waals surface area (Å²) in [4.78, 5) is 4.86. The number of methoxy groups -OCH3 is 1. The second-order valence-corrected chi connectivity index (χ2v) is 8.30. The first kappa shape index (κ1) is 19.3. The van der Waals surface area contributed by atoms with E-state index in [-0.39, 0.29) is 0 Å². The van der Waals surface area contributed by atoms with E-state index in [2.05, 4.69) is 66.4 Å². The first-order chi connectivity index (χ1) is 13.6. The Morgan fingerprint density at radius 3 is 2.54 bits per heavy atom. The molecular weight excluding hydrogens is 348 g/mol. The first-order valence-corrected chi connectivity index (χ1v) is 10.4. The molecule has 4 heteroatoms. The molecule has 0 amide bonds. The van der Waals surface area contributed by atoms with Gasteiger partial charge in [0.15, 0.2) is 0 Å². The highest BCUT2D eigenvalue weighted by Crippen LogP contribution is 2.35. The van der Waals surface area contributed by atoms with Crippen LogP contribution < -0.4 is 9.47 Å². The molecule has 0 aliphatic carbocycles. The van der Waals surface area contributed by atoms with E-state index in [9.17, 15) is 0 Å². The van der Waals surface area contributed by atoms with Crippen molar-refractivity contribution >= 4 is 0 Å². The van der Waals surface area contributed by atoms with Crippen molar-refractivity contribution in [2.45, 2.75) is 37.8 Å². The predicted octanol–water partition coefficient (Wildman–Crippen LogP) is 4.14. The second kappa shape index (κ2) is 8.54. The van der Waals surface area contributed by atoms with Crippen molar-refractivity contribution in [1.29, 1.82) is 0 Å². The van der Waals surface area contributed by atoms with Crippen LogP contribution in [0, 0.1) is 0 Å². The number of hydrogen-bond donors (Lipinski definition) is 0. The molecule has 0 saturated carbocycles. The summed E-state index contributed by atoms with van der Waals surface area (Å²) in [5.74, 6) is 2.30. The zero-order valence-corrected chi connectivity index (χ0v) is 17.4. The van der Waals surface area contributed by atoms with Crippen molar-refractivity contribution in [3.05, 3.63) is 59.2 Å². The van der Waals surface area contributed by atoms with Gasteiger partial charge in [0.2, 0.25) is 0 Å². The maximum Gasteiger partial charge on any atom is 0.119 e. The Kier molecular flexibility index (Phi) is 5.88. The van der Waals surface area contributed by atoms with E-state index in [1.165, 1.54) is 36.1 Å². The number of hydrogen-bond acceptors (Lipinski definition) is 4. The maximum atomic E-state index is 6.13. The fourth-order valence-electron chi connectivity index (χ4n) is 4.69. The van der Waals surface area contributed by atoms with Crippen LogP contribution in [-0.2, 0) is 6.54 Å². The quantitative estimate of drug-likeness (QED) is 0.752. The normalized spacial score (nSPS) is 22.8. The maximum absolute atomic E-state index is 6.13. The van der Waals surface area contributed by atoms with Crippen molar-refractivity contribution in [2.75, 3.05) is 40.9 Å². The Hall–Kier alpha value is -2.04. The van der Waals surface area contributed by atoms with Gasteiger partial charge >= 0.3 is 0 Å². The zero-order chi connectivity index (χ0) is 19.5. The Bertz CT molecular complexity index is 790. The van der Waals surface area contributed by atoms with E-state index in [1.54, 1.807) is 7.11 Å². The second-order valence-electron chi connectivity index (χ2n) is 8.30. The number of likely N-dealkylation sites (N-methyl/N-ethyl adjacent to an activating group) is 1. The van der Waals surface area contributed by atoms with Crippen LogP contribution in [0.2, 0.25) is 0 Å². The standard InChI is InChI=1S/C24H32N2O2/c1-25-16-19-15-22(28-14-12-20-5-4-13-26(20)2)10-11-23(19)24(17-25)18-6-8-21(27-3)9-7-18/h6-11,15,20,24H,4-5,12-14,16-17H2,1-3H3. The molecule has 2 heterocycles. The third-order valence-electron chi connectivity index (χ3n) is 6.33. The molecular formula is C24H32N2O2. The van der Waals surface area contributed by atoms with Crippen LogP contribution in [0.5, 0.6) is 11.5 Å². The molecule has 0 bridgehead atoms. The molecule has 0 N–H and O–H groups in total. The Morgan fingerprint density at radius 1 is 1.04 bits per heavy atom. The summed E-state index contributed by atoms with van der Waals surface area (Å²) in [5, 5.41) is 0. The van der Waals surface area contributed by atoms with E-state index < -0.39 is 0 Å². The Labute approximate surface area is 169 Å². The topological polar surface area (TPSA) is 24.9 Å². The van der Waals surface area contributed by atoms with Crippen LogP contribution in [0.1, 0.15) is 41.9 Å². The van der Waals surface area contributed by atoms with Crippen molar-refractivity contribution < 1.29 is 9.47 Å². The van der Waals surface area contributed by atoms with Crippen LogP contribution in [0.25, 0.3) is 0 Å². The lowest BCUT2D eigenvalue weighted by Gasteiger charge is -2.33. The van der Waals surface area contributed by atoms with E-state index in [0.717, 1.165) is 37.6 Å². The summed E-state index contributed by atoms with van der Waals surface area (Å²) in [6, 6.07) is 15.8. The molecule has 0 aromatic heterocycles. The molecule has 150 valence electrons. The highest BCUT2D eigenvalue weighted by molar-refractivity contribution is 5.45. The van der Waals surface area contributed by atoms with Gasteiger partial charge in [-0.05, 0) is 80.9 Å². The van der Waals surface area contributed by atoms with Crippen LogP contribution in [0.15, 0.2) is 42.5 Å². The molecule has 2 aromatic carbocycles. The monoisotopic (exact) mass is 380 g/mol. The lowest BCUT2D eigenvalue weighted by atomic mass is 9.84. The van der Waals surface area contributed by atoms with Crippen molar-refractivity contribution in [1.82, 2.24) is 9.80 Å². The summed E-state index contributed by atoms with van der Waals surface area (Å²) < 4.78 is 11.4. The minimum Gasteiger partial charge on any atom is -0.497 e. The summed E-state index contributed by atoms with van der Waals surface area (Å²) in [6.07, 6.45) is 3.74. The number of likely N-dealkylation sites (tertiary alicyclic amines) is 1. The van der Waals surface area contributed by atoms with Crippen molar-refractivity contribution in [2.24, 2.45) is 0 Å². The molecule has 4 rings (SSSR count). The molecule has 4 nitrogen and oxygen atoms in total. The lowest BCUT2D eigenvalue weighted by molar-refractivity contribution is 0.232. The number of ether oxygens (including phenoxy) is 2. The summed E-state index contributed by atoms with van der Waals surface area (Å²) in [5.41, 5.74) is 4.14. The van der Waals surface area contributed by atoms with E-state index in [1.807, 2.05) is 0 Å². The molecule has 2 atom stereocenters. The molecule has 1 saturated heterocycles. The summed E-state index contributed by atoms with van der Waals surface area (Å²) >= 11 is 0. The van der Waals surface area contributed by atoms with E-state index in [0.29, 0.717) is 12.0 Å². The van der Waals surface area contributed by atoms with Crippen LogP contribution in [0.4, 0.5) is 0 Å². The molecule has 0 radical (unpaired) electrons. The fourth-order valence-corrected chi connectivity index (χ4v) is 4.69. The van der Waals surface area contributed by atoms with Gasteiger partial charge in [0.25, 0.3) is 0 Å². The molecule has 1 fully saturated rings. The number of benzene rings is 2. The third-order valence-corrected chi connectivity index (χ3v) is 6.33. The van der Waals surface area contributed by atoms with E-state index in [4.69, 9.17) is 9.47 Å². The van der Waals surface area contributed by atoms with Crippen LogP contribution in [0.3, 0.4) is 0 Å². The fraction of sp³-hybridized carbons (Fsp3) is 0.500. The predicted molar refractivity (Wildman–Crippen MR) is 113 cm³/mol. The van der Waals surface area contributed by atoms with Crippen LogP contribution >= 0.6 is 0 Å². The van der Waals surface area contributed by atoms with E-state index >= 15 is 0 Å². The third kappa shape index (κ3) is 4.18. The van der Waals surface area contributed by atoms with Gasteiger partial charge < -0.3 is 19.3 Å². The zero-order valence-electron chi connectivity index (χ0n) is 17.4. The average Bonchev–Trinajstić information content (AvgIpc) is 3.12. The highest BCUT2D eigenvalue weighted by atomic mass is 16.5. The Morgan fingerprint density at radius 2 is 1.82 bits per heavy atom. The summed E-state index contributed by atoms with van der Waals surface area (Å²) in [6.45, 7) is 4.03. The largest absolute Gasteiger partial charge is 0.497 e. The van der Waals surface area contributed by atoms with Crippen LogP contribution in [-0.4, -0.2) is 56.7 Å². The molecule has 28 heavy (non-hydrogen) atoms. The Balaban J connectivity index is 1.46. The van der Waals surface area contributed by atoms with Gasteiger partial charge in [-0.25, -0.2) is 0 Å². The van der Waals surface area contributed by atoms with Crippen molar-refractivity contribution in [3.8, 4) is 11.5 Å². The van der Waals surface area contributed by atoms with Gasteiger partial charge in [0, 0.05) is 25.0 Å². The molecule has 2 unspecified atom stereocenters. The number of nitrogens with zero attached hydrogens (tertiary/aromatic N) is 2. The van der Waals surface area contributed by atoms with Gasteiger partial charge in [-0.2, -0.15) is 0 Å². The highest BCUT2D eigenvalue weighted by Gasteiger charge is 2.25. The minimum atomic E-state index is 0.390. The molecule has 2 aromatic rings. The van der Waals surface area contributed by atoms with Gasteiger partial charge in [0.1, 0.15) is 11.5 Å². The van der Waals surface area contributed by atoms with Gasteiger partial charge in [-0.15, -0.1) is 0 Å². The minimum absolute atomic E-state index is 0.390. The molecule has 2 aliphatic heterocycles. The number of fused-ring (bicyclic) bond motifs is 1. The average molecular weight is 381 g/mol. The first-order valence-electron chi connectivity index (χ1n) is 10.4. The lowest BCUT2D eigenvalue weighted by Crippen LogP contribution is -2.31. The van der Waals surface area contributed by atoms with Gasteiger partial charge in [-0.3, -0.25) is 0 Å². The molecule has 2 aliphatic rings. The van der Waals surface area contributed by atoms with Crippen molar-refractivity contribution in [3.63, 3.8) is 0 Å². The molecule has 0 spiro atoms. The van der Waals surface area contributed by atoms with Gasteiger partial charge in [-0.1, -0.05) is 18.2 Å².